The minimum atomic E-state index is -0.399. The van der Waals surface area contributed by atoms with E-state index < -0.39 is 6.09 Å². The van der Waals surface area contributed by atoms with Gasteiger partial charge in [0.25, 0.3) is 0 Å². The standard InChI is InChI=1S/C16H22N2O5/c1-21-12-6-7-13(14(9-12)22-2)17-15(19)11-5-4-8-18(10-11)16(20)23-3/h6-7,9,11H,4-5,8,10H2,1-3H3,(H,17,19). The molecule has 7 nitrogen and oxygen atoms in total. The van der Waals surface area contributed by atoms with Crippen LogP contribution in [0.4, 0.5) is 10.5 Å². The lowest BCUT2D eigenvalue weighted by molar-refractivity contribution is -0.121. The minimum Gasteiger partial charge on any atom is -0.497 e. The van der Waals surface area contributed by atoms with E-state index in [-0.39, 0.29) is 11.8 Å². The van der Waals surface area contributed by atoms with Crippen molar-refractivity contribution < 1.29 is 23.8 Å². The smallest absolute Gasteiger partial charge is 0.409 e. The number of hydrogen-bond donors (Lipinski definition) is 1. The van der Waals surface area contributed by atoms with Crippen molar-refractivity contribution in [3.63, 3.8) is 0 Å². The normalized spacial score (nSPS) is 17.3. The summed E-state index contributed by atoms with van der Waals surface area (Å²) in [5.41, 5.74) is 0.577. The van der Waals surface area contributed by atoms with E-state index in [0.717, 1.165) is 12.8 Å². The fourth-order valence-corrected chi connectivity index (χ4v) is 2.62. The molecule has 7 heteroatoms. The van der Waals surface area contributed by atoms with Crippen LogP contribution in [0.15, 0.2) is 18.2 Å². The van der Waals surface area contributed by atoms with Crippen LogP contribution < -0.4 is 14.8 Å². The van der Waals surface area contributed by atoms with Gasteiger partial charge in [0.2, 0.25) is 5.91 Å². The molecule has 1 saturated heterocycles. The predicted molar refractivity (Wildman–Crippen MR) is 84.9 cm³/mol. The van der Waals surface area contributed by atoms with E-state index in [1.165, 1.54) is 14.2 Å². The van der Waals surface area contributed by atoms with Gasteiger partial charge in [-0.05, 0) is 25.0 Å². The zero-order valence-electron chi connectivity index (χ0n) is 13.6. The Labute approximate surface area is 135 Å². The highest BCUT2D eigenvalue weighted by molar-refractivity contribution is 5.94. The molecule has 1 aromatic rings. The van der Waals surface area contributed by atoms with Gasteiger partial charge >= 0.3 is 6.09 Å². The van der Waals surface area contributed by atoms with Crippen LogP contribution in [0.3, 0.4) is 0 Å². The number of rotatable bonds is 4. The molecule has 2 rings (SSSR count). The van der Waals surface area contributed by atoms with Crippen LogP contribution in [0.1, 0.15) is 12.8 Å². The van der Waals surface area contributed by atoms with Crippen LogP contribution in [-0.2, 0) is 9.53 Å². The third-order valence-corrected chi connectivity index (χ3v) is 3.89. The molecule has 1 aliphatic rings. The van der Waals surface area contributed by atoms with Crippen molar-refractivity contribution in [2.45, 2.75) is 12.8 Å². The van der Waals surface area contributed by atoms with Gasteiger partial charge in [-0.3, -0.25) is 4.79 Å². The highest BCUT2D eigenvalue weighted by Gasteiger charge is 2.29. The number of hydrogen-bond acceptors (Lipinski definition) is 5. The molecule has 1 N–H and O–H groups in total. The second kappa shape index (κ2) is 7.71. The highest BCUT2D eigenvalue weighted by Crippen LogP contribution is 2.30. The summed E-state index contributed by atoms with van der Waals surface area (Å²) in [4.78, 5) is 25.6. The van der Waals surface area contributed by atoms with Gasteiger partial charge in [0.15, 0.2) is 0 Å². The van der Waals surface area contributed by atoms with Gasteiger partial charge in [-0.15, -0.1) is 0 Å². The zero-order valence-corrected chi connectivity index (χ0v) is 13.6. The Morgan fingerprint density at radius 1 is 1.22 bits per heavy atom. The lowest BCUT2D eigenvalue weighted by Gasteiger charge is -2.30. The Morgan fingerprint density at radius 3 is 2.65 bits per heavy atom. The monoisotopic (exact) mass is 322 g/mol. The first kappa shape index (κ1) is 16.9. The van der Waals surface area contributed by atoms with Crippen molar-refractivity contribution in [2.24, 2.45) is 5.92 Å². The summed E-state index contributed by atoms with van der Waals surface area (Å²) in [6, 6.07) is 5.19. The van der Waals surface area contributed by atoms with Crippen molar-refractivity contribution in [3.05, 3.63) is 18.2 Å². The Bertz CT molecular complexity index is 576. The van der Waals surface area contributed by atoms with Crippen LogP contribution in [0.5, 0.6) is 11.5 Å². The third kappa shape index (κ3) is 4.06. The number of benzene rings is 1. The SMILES string of the molecule is COC(=O)N1CCCC(C(=O)Nc2ccc(OC)cc2OC)C1. The molecule has 1 atom stereocenters. The molecule has 0 radical (unpaired) electrons. The van der Waals surface area contributed by atoms with Gasteiger partial charge in [-0.25, -0.2) is 4.79 Å². The van der Waals surface area contributed by atoms with E-state index in [4.69, 9.17) is 14.2 Å². The lowest BCUT2D eigenvalue weighted by Crippen LogP contribution is -2.43. The number of anilines is 1. The summed E-state index contributed by atoms with van der Waals surface area (Å²) in [7, 11) is 4.44. The van der Waals surface area contributed by atoms with Gasteiger partial charge in [0.05, 0.1) is 32.9 Å². The molecule has 0 saturated carbocycles. The maximum atomic E-state index is 12.5. The summed E-state index contributed by atoms with van der Waals surface area (Å²) in [5, 5.41) is 2.86. The number of ether oxygens (including phenoxy) is 3. The fourth-order valence-electron chi connectivity index (χ4n) is 2.62. The van der Waals surface area contributed by atoms with Crippen LogP contribution >= 0.6 is 0 Å². The Morgan fingerprint density at radius 2 is 2.00 bits per heavy atom. The number of methoxy groups -OCH3 is 3. The summed E-state index contributed by atoms with van der Waals surface area (Å²) in [6.45, 7) is 0.972. The first-order chi connectivity index (χ1) is 11.1. The van der Waals surface area contributed by atoms with E-state index in [2.05, 4.69) is 5.32 Å². The molecule has 1 unspecified atom stereocenters. The second-order valence-electron chi connectivity index (χ2n) is 5.31. The molecule has 2 amide bonds. The minimum absolute atomic E-state index is 0.137. The first-order valence-electron chi connectivity index (χ1n) is 7.44. The molecule has 126 valence electrons. The van der Waals surface area contributed by atoms with Crippen LogP contribution in [0.2, 0.25) is 0 Å². The summed E-state index contributed by atoms with van der Waals surface area (Å²) in [5.74, 6) is 0.768. The van der Waals surface area contributed by atoms with Crippen LogP contribution in [0, 0.1) is 5.92 Å². The van der Waals surface area contributed by atoms with Gasteiger partial charge < -0.3 is 24.4 Å². The maximum Gasteiger partial charge on any atom is 0.409 e. The van der Waals surface area contributed by atoms with Gasteiger partial charge in [-0.2, -0.15) is 0 Å². The molecule has 0 aromatic heterocycles. The van der Waals surface area contributed by atoms with E-state index in [1.807, 2.05) is 0 Å². The average Bonchev–Trinajstić information content (AvgIpc) is 2.61. The number of nitrogens with zero attached hydrogens (tertiary/aromatic N) is 1. The molecule has 1 heterocycles. The molecule has 23 heavy (non-hydrogen) atoms. The first-order valence-corrected chi connectivity index (χ1v) is 7.44. The summed E-state index contributed by atoms with van der Waals surface area (Å²) >= 11 is 0. The molecular weight excluding hydrogens is 300 g/mol. The maximum absolute atomic E-state index is 12.5. The Hall–Kier alpha value is -2.44. The van der Waals surface area contributed by atoms with Crippen molar-refractivity contribution in [1.82, 2.24) is 4.90 Å². The number of amides is 2. The molecule has 0 aliphatic carbocycles. The second-order valence-corrected chi connectivity index (χ2v) is 5.31. The quantitative estimate of drug-likeness (QED) is 0.919. The van der Waals surface area contributed by atoms with E-state index in [9.17, 15) is 9.59 Å². The lowest BCUT2D eigenvalue weighted by atomic mass is 9.97. The van der Waals surface area contributed by atoms with Crippen LogP contribution in [0.25, 0.3) is 0 Å². The van der Waals surface area contributed by atoms with Crippen LogP contribution in [-0.4, -0.2) is 51.3 Å². The topological polar surface area (TPSA) is 77.1 Å². The highest BCUT2D eigenvalue weighted by atomic mass is 16.5. The Balaban J connectivity index is 2.05. The average molecular weight is 322 g/mol. The third-order valence-electron chi connectivity index (χ3n) is 3.89. The van der Waals surface area contributed by atoms with E-state index in [0.29, 0.717) is 30.3 Å². The number of likely N-dealkylation sites (tertiary alicyclic amines) is 1. The largest absolute Gasteiger partial charge is 0.497 e. The predicted octanol–water partition coefficient (Wildman–Crippen LogP) is 2.12. The molecule has 0 spiro atoms. The molecular formula is C16H22N2O5. The van der Waals surface area contributed by atoms with Crippen molar-refractivity contribution in [1.29, 1.82) is 0 Å². The zero-order chi connectivity index (χ0) is 16.8. The fraction of sp³-hybridized carbons (Fsp3) is 0.500. The molecule has 0 bridgehead atoms. The van der Waals surface area contributed by atoms with E-state index >= 15 is 0 Å². The van der Waals surface area contributed by atoms with E-state index in [1.54, 1.807) is 30.2 Å². The molecule has 1 aromatic carbocycles. The Kier molecular flexibility index (Phi) is 5.67. The summed E-state index contributed by atoms with van der Waals surface area (Å²) in [6.07, 6.45) is 1.11. The van der Waals surface area contributed by atoms with Crippen molar-refractivity contribution in [3.8, 4) is 11.5 Å². The van der Waals surface area contributed by atoms with Gasteiger partial charge in [-0.1, -0.05) is 0 Å². The summed E-state index contributed by atoms with van der Waals surface area (Å²) < 4.78 is 15.1. The van der Waals surface area contributed by atoms with Crippen molar-refractivity contribution >= 4 is 17.7 Å². The van der Waals surface area contributed by atoms with Gasteiger partial charge in [0, 0.05) is 19.2 Å². The molecule has 1 fully saturated rings. The number of nitrogens with one attached hydrogen (secondary N) is 1. The van der Waals surface area contributed by atoms with Crippen molar-refractivity contribution in [2.75, 3.05) is 39.7 Å². The number of carbonyl (C=O) groups is 2. The molecule has 1 aliphatic heterocycles. The number of carbonyl (C=O) groups excluding carboxylic acids is 2. The van der Waals surface area contributed by atoms with Gasteiger partial charge in [0.1, 0.15) is 11.5 Å². The number of piperidine rings is 1.